The number of pyridine rings is 1. The first-order valence-corrected chi connectivity index (χ1v) is 14.7. The smallest absolute Gasteiger partial charge is 0.357 e. The molecule has 1 saturated heterocycles. The van der Waals surface area contributed by atoms with E-state index in [1.54, 1.807) is 13.0 Å². The number of rotatable bonds is 9. The molecule has 3 aromatic rings. The van der Waals surface area contributed by atoms with Crippen LogP contribution in [0.1, 0.15) is 30.9 Å². The Labute approximate surface area is 234 Å². The van der Waals surface area contributed by atoms with Gasteiger partial charge in [-0.3, -0.25) is 9.10 Å². The van der Waals surface area contributed by atoms with E-state index in [4.69, 9.17) is 11.6 Å². The number of nitrogens with zero attached hydrogens (tertiary/aromatic N) is 3. The number of benzene rings is 1. The molecule has 0 saturated carbocycles. The Hall–Kier alpha value is -3.09. The van der Waals surface area contributed by atoms with Gasteiger partial charge in [-0.1, -0.05) is 30.3 Å². The molecule has 3 heterocycles. The number of hydrogen-bond acceptors (Lipinski definition) is 6. The number of likely N-dealkylation sites (N-methyl/N-ethyl adjacent to an activating group) is 1. The number of halogens is 4. The van der Waals surface area contributed by atoms with E-state index in [2.05, 4.69) is 21.8 Å². The highest BCUT2D eigenvalue weighted by atomic mass is 35.5. The van der Waals surface area contributed by atoms with Gasteiger partial charge in [0.1, 0.15) is 15.7 Å². The summed E-state index contributed by atoms with van der Waals surface area (Å²) in [4.78, 5) is 19.7. The second kappa shape index (κ2) is 11.6. The molecular formula is C26H26ClF3N4O3S2. The number of nitrogens with one attached hydrogen (secondary N) is 1. The van der Waals surface area contributed by atoms with Crippen molar-refractivity contribution in [1.29, 1.82) is 0 Å². The van der Waals surface area contributed by atoms with Crippen molar-refractivity contribution >= 4 is 44.7 Å². The molecule has 0 unspecified atom stereocenters. The molecule has 1 N–H and O–H groups in total. The van der Waals surface area contributed by atoms with Crippen molar-refractivity contribution < 1.29 is 26.4 Å². The van der Waals surface area contributed by atoms with Crippen LogP contribution >= 0.6 is 22.9 Å². The summed E-state index contributed by atoms with van der Waals surface area (Å²) in [6.07, 6.45) is -2.46. The fourth-order valence-electron chi connectivity index (χ4n) is 4.21. The molecule has 13 heteroatoms. The summed E-state index contributed by atoms with van der Waals surface area (Å²) in [5, 5.41) is 2.71. The average Bonchev–Trinajstić information content (AvgIpc) is 3.59. The molecule has 208 valence electrons. The summed E-state index contributed by atoms with van der Waals surface area (Å²) < 4.78 is 66.4. The summed E-state index contributed by atoms with van der Waals surface area (Å²) in [5.41, 5.74) is 0.605. The lowest BCUT2D eigenvalue weighted by Gasteiger charge is -2.23. The van der Waals surface area contributed by atoms with Crippen LogP contribution in [0.15, 0.2) is 65.0 Å². The predicted octanol–water partition coefficient (Wildman–Crippen LogP) is 5.92. The number of thiophene rings is 1. The second-order valence-corrected chi connectivity index (χ2v) is 12.7. The van der Waals surface area contributed by atoms with Crippen molar-refractivity contribution in [2.75, 3.05) is 24.5 Å². The zero-order chi connectivity index (χ0) is 28.4. The van der Waals surface area contributed by atoms with Crippen molar-refractivity contribution in [2.24, 2.45) is 0 Å². The number of hydrogen-bond donors (Lipinski definition) is 1. The van der Waals surface area contributed by atoms with Crippen molar-refractivity contribution in [3.8, 4) is 11.3 Å². The quantitative estimate of drug-likeness (QED) is 0.309. The first-order valence-electron chi connectivity index (χ1n) is 12.1. The standard InChI is InChI=1S/C26H26ClF3N4O3S2/c1-3-34(39(36,37)24-11-10-22(27)38-24)17(2)25(35)31-16-18-14-21(32-23(15-18)33-12-4-5-13-33)19-6-8-20(9-7-19)26(28,29)30/h6-11,14-15H,2-5,12-13,16H2,1H3,(H,31,35). The summed E-state index contributed by atoms with van der Waals surface area (Å²) in [7, 11) is -4.02. The molecule has 1 aromatic carbocycles. The third-order valence-electron chi connectivity index (χ3n) is 6.21. The van der Waals surface area contributed by atoms with Gasteiger partial charge in [0.05, 0.1) is 15.6 Å². The van der Waals surface area contributed by atoms with E-state index in [1.165, 1.54) is 24.3 Å². The van der Waals surface area contributed by atoms with Gasteiger partial charge in [0.2, 0.25) is 0 Å². The van der Waals surface area contributed by atoms with Crippen LogP contribution in [0.2, 0.25) is 4.34 Å². The minimum atomic E-state index is -4.45. The number of alkyl halides is 3. The van der Waals surface area contributed by atoms with Gasteiger partial charge in [-0.15, -0.1) is 11.3 Å². The monoisotopic (exact) mass is 598 g/mol. The van der Waals surface area contributed by atoms with Gasteiger partial charge in [-0.25, -0.2) is 13.4 Å². The van der Waals surface area contributed by atoms with Crippen molar-refractivity contribution in [1.82, 2.24) is 14.6 Å². The maximum atomic E-state index is 13.0. The van der Waals surface area contributed by atoms with E-state index in [1.807, 2.05) is 6.07 Å². The zero-order valence-corrected chi connectivity index (χ0v) is 23.4. The minimum Gasteiger partial charge on any atom is -0.357 e. The maximum absolute atomic E-state index is 13.0. The molecule has 0 aliphatic carbocycles. The molecule has 0 bridgehead atoms. The van der Waals surface area contributed by atoms with E-state index < -0.39 is 27.7 Å². The average molecular weight is 599 g/mol. The SMILES string of the molecule is C=C(C(=O)NCc1cc(-c2ccc(C(F)(F)F)cc2)nc(N2CCCC2)c1)N(CC)S(=O)(=O)c1ccc(Cl)s1. The van der Waals surface area contributed by atoms with Crippen LogP contribution in [-0.4, -0.2) is 43.2 Å². The fraction of sp³-hybridized carbons (Fsp3) is 0.308. The molecule has 0 radical (unpaired) electrons. The van der Waals surface area contributed by atoms with Gasteiger partial charge in [0, 0.05) is 31.7 Å². The van der Waals surface area contributed by atoms with E-state index >= 15 is 0 Å². The minimum absolute atomic E-state index is 0.00567. The van der Waals surface area contributed by atoms with Gasteiger partial charge < -0.3 is 10.2 Å². The molecular weight excluding hydrogens is 573 g/mol. The first kappa shape index (κ1) is 28.9. The first-order chi connectivity index (χ1) is 18.4. The van der Waals surface area contributed by atoms with Crippen LogP contribution in [-0.2, 0) is 27.5 Å². The Kier molecular flexibility index (Phi) is 8.57. The van der Waals surface area contributed by atoms with Gasteiger partial charge >= 0.3 is 6.18 Å². The number of carbonyl (C=O) groups excluding carboxylic acids is 1. The highest BCUT2D eigenvalue weighted by Gasteiger charge is 2.31. The highest BCUT2D eigenvalue weighted by molar-refractivity contribution is 7.91. The maximum Gasteiger partial charge on any atom is 0.416 e. The Bertz CT molecular complexity index is 1470. The number of anilines is 1. The van der Waals surface area contributed by atoms with Crippen molar-refractivity contribution in [3.05, 3.63) is 76.3 Å². The summed E-state index contributed by atoms with van der Waals surface area (Å²) >= 11 is 6.78. The lowest BCUT2D eigenvalue weighted by atomic mass is 10.1. The van der Waals surface area contributed by atoms with Gasteiger partial charge in [0.15, 0.2) is 0 Å². The molecule has 2 aromatic heterocycles. The van der Waals surface area contributed by atoms with E-state index in [0.29, 0.717) is 27.0 Å². The van der Waals surface area contributed by atoms with Crippen LogP contribution in [0.3, 0.4) is 0 Å². The number of amides is 1. The van der Waals surface area contributed by atoms with E-state index in [0.717, 1.165) is 53.7 Å². The van der Waals surface area contributed by atoms with Crippen molar-refractivity contribution in [2.45, 2.75) is 36.7 Å². The molecule has 4 rings (SSSR count). The predicted molar refractivity (Wildman–Crippen MR) is 146 cm³/mol. The Morgan fingerprint density at radius 2 is 1.82 bits per heavy atom. The highest BCUT2D eigenvalue weighted by Crippen LogP contribution is 2.32. The fourth-order valence-corrected chi connectivity index (χ4v) is 7.25. The van der Waals surface area contributed by atoms with E-state index in [9.17, 15) is 26.4 Å². The molecule has 1 fully saturated rings. The topological polar surface area (TPSA) is 82.6 Å². The van der Waals surface area contributed by atoms with Gasteiger partial charge in [0.25, 0.3) is 15.9 Å². The molecule has 0 atom stereocenters. The molecule has 1 amide bonds. The largest absolute Gasteiger partial charge is 0.416 e. The van der Waals surface area contributed by atoms with Gasteiger partial charge in [-0.05, 0) is 61.7 Å². The molecule has 0 spiro atoms. The Morgan fingerprint density at radius 1 is 1.15 bits per heavy atom. The normalized spacial score (nSPS) is 13.9. The number of sulfonamides is 1. The summed E-state index contributed by atoms with van der Waals surface area (Å²) in [5.74, 6) is -0.0287. The van der Waals surface area contributed by atoms with E-state index in [-0.39, 0.29) is 23.0 Å². The second-order valence-electron chi connectivity index (χ2n) is 8.85. The third-order valence-corrected chi connectivity index (χ3v) is 9.82. The van der Waals surface area contributed by atoms with Crippen LogP contribution in [0, 0.1) is 0 Å². The summed E-state index contributed by atoms with van der Waals surface area (Å²) in [6.45, 7) is 6.89. The van der Waals surface area contributed by atoms with Crippen LogP contribution in [0.5, 0.6) is 0 Å². The number of aromatic nitrogens is 1. The lowest BCUT2D eigenvalue weighted by molar-refractivity contribution is -0.137. The van der Waals surface area contributed by atoms with Crippen LogP contribution < -0.4 is 10.2 Å². The molecule has 39 heavy (non-hydrogen) atoms. The summed E-state index contributed by atoms with van der Waals surface area (Å²) in [6, 6.07) is 11.1. The number of carbonyl (C=O) groups is 1. The lowest BCUT2D eigenvalue weighted by Crippen LogP contribution is -2.37. The molecule has 1 aliphatic heterocycles. The Balaban J connectivity index is 1.56. The molecule has 1 aliphatic rings. The molecule has 7 nitrogen and oxygen atoms in total. The third kappa shape index (κ3) is 6.56. The van der Waals surface area contributed by atoms with Crippen LogP contribution in [0.25, 0.3) is 11.3 Å². The van der Waals surface area contributed by atoms with Crippen molar-refractivity contribution in [3.63, 3.8) is 0 Å². The zero-order valence-electron chi connectivity index (χ0n) is 21.0. The van der Waals surface area contributed by atoms with Gasteiger partial charge in [-0.2, -0.15) is 13.2 Å². The Morgan fingerprint density at radius 3 is 2.38 bits per heavy atom. The van der Waals surface area contributed by atoms with Crippen LogP contribution in [0.4, 0.5) is 19.0 Å².